The van der Waals surface area contributed by atoms with Crippen LogP contribution in [0.2, 0.25) is 0 Å². The molecule has 0 unspecified atom stereocenters. The number of rotatable bonds is 7. The predicted octanol–water partition coefficient (Wildman–Crippen LogP) is 4.39. The van der Waals surface area contributed by atoms with Gasteiger partial charge in [-0.2, -0.15) is 0 Å². The first-order chi connectivity index (χ1) is 10.3. The monoisotopic (exact) mass is 287 g/mol. The van der Waals surface area contributed by atoms with E-state index in [2.05, 4.69) is 19.2 Å². The Hall–Kier alpha value is -1.87. The summed E-state index contributed by atoms with van der Waals surface area (Å²) in [7, 11) is 0. The lowest BCUT2D eigenvalue weighted by atomic mass is 10.0. The van der Waals surface area contributed by atoms with E-state index in [1.807, 2.05) is 36.4 Å². The third-order valence-electron chi connectivity index (χ3n) is 3.25. The summed E-state index contributed by atoms with van der Waals surface area (Å²) < 4.78 is 19.9. The van der Waals surface area contributed by atoms with Gasteiger partial charge < -0.3 is 10.1 Å². The molecule has 0 aliphatic carbocycles. The highest BCUT2D eigenvalue weighted by Gasteiger charge is 2.11. The van der Waals surface area contributed by atoms with Crippen LogP contribution in [0.1, 0.15) is 25.8 Å². The van der Waals surface area contributed by atoms with Crippen molar-refractivity contribution in [1.29, 1.82) is 0 Å². The molecule has 0 heterocycles. The second-order valence-corrected chi connectivity index (χ2v) is 4.94. The number of hydrogen-bond acceptors (Lipinski definition) is 2. The van der Waals surface area contributed by atoms with Gasteiger partial charge in [-0.05, 0) is 36.7 Å². The molecule has 21 heavy (non-hydrogen) atoms. The smallest absolute Gasteiger partial charge is 0.131 e. The van der Waals surface area contributed by atoms with Crippen LogP contribution in [0.25, 0.3) is 11.1 Å². The van der Waals surface area contributed by atoms with Gasteiger partial charge in [-0.1, -0.05) is 38.1 Å². The van der Waals surface area contributed by atoms with Gasteiger partial charge >= 0.3 is 0 Å². The quantitative estimate of drug-likeness (QED) is 0.815. The van der Waals surface area contributed by atoms with Crippen molar-refractivity contribution in [2.75, 3.05) is 13.2 Å². The van der Waals surface area contributed by atoms with Crippen LogP contribution in [0.5, 0.6) is 5.75 Å². The minimum absolute atomic E-state index is 0.220. The molecular formula is C18H22FNO. The van der Waals surface area contributed by atoms with Gasteiger partial charge in [0.25, 0.3) is 0 Å². The van der Waals surface area contributed by atoms with E-state index in [1.54, 1.807) is 0 Å². The van der Waals surface area contributed by atoms with Crippen molar-refractivity contribution in [3.05, 3.63) is 53.8 Å². The second kappa shape index (κ2) is 7.79. The highest BCUT2D eigenvalue weighted by Crippen LogP contribution is 2.32. The summed E-state index contributed by atoms with van der Waals surface area (Å²) in [6, 6.07) is 12.9. The molecule has 0 aromatic heterocycles. The molecule has 0 saturated carbocycles. The Morgan fingerprint density at radius 3 is 2.62 bits per heavy atom. The highest BCUT2D eigenvalue weighted by atomic mass is 19.1. The van der Waals surface area contributed by atoms with Crippen molar-refractivity contribution in [3.8, 4) is 16.9 Å². The molecule has 1 N–H and O–H groups in total. The molecule has 0 bridgehead atoms. The Morgan fingerprint density at radius 1 is 1.05 bits per heavy atom. The minimum Gasteiger partial charge on any atom is -0.493 e. The maximum atomic E-state index is 14.2. The number of halogens is 1. The SMILES string of the molecule is CCCOc1ccccc1-c1cc(CNCC)ccc1F. The summed E-state index contributed by atoms with van der Waals surface area (Å²) in [5.74, 6) is 0.515. The van der Waals surface area contributed by atoms with Crippen LogP contribution in [0.15, 0.2) is 42.5 Å². The van der Waals surface area contributed by atoms with E-state index in [0.717, 1.165) is 36.4 Å². The van der Waals surface area contributed by atoms with E-state index in [1.165, 1.54) is 6.07 Å². The summed E-state index contributed by atoms with van der Waals surface area (Å²) in [5.41, 5.74) is 2.47. The molecular weight excluding hydrogens is 265 g/mol. The average molecular weight is 287 g/mol. The first-order valence-electron chi connectivity index (χ1n) is 7.47. The summed E-state index contributed by atoms with van der Waals surface area (Å²) in [6.45, 7) is 6.37. The van der Waals surface area contributed by atoms with Gasteiger partial charge in [0.2, 0.25) is 0 Å². The molecule has 2 rings (SSSR count). The van der Waals surface area contributed by atoms with Crippen LogP contribution in [0.4, 0.5) is 4.39 Å². The molecule has 0 saturated heterocycles. The van der Waals surface area contributed by atoms with Crippen LogP contribution in [0, 0.1) is 5.82 Å². The lowest BCUT2D eigenvalue weighted by Crippen LogP contribution is -2.11. The van der Waals surface area contributed by atoms with Crippen LogP contribution in [0.3, 0.4) is 0 Å². The van der Waals surface area contributed by atoms with Gasteiger partial charge in [0.05, 0.1) is 6.61 Å². The van der Waals surface area contributed by atoms with Crippen molar-refractivity contribution < 1.29 is 9.13 Å². The Balaban J connectivity index is 2.36. The zero-order valence-electron chi connectivity index (χ0n) is 12.7. The van der Waals surface area contributed by atoms with E-state index in [-0.39, 0.29) is 5.82 Å². The van der Waals surface area contributed by atoms with Gasteiger partial charge in [-0.3, -0.25) is 0 Å². The van der Waals surface area contributed by atoms with Gasteiger partial charge in [0.15, 0.2) is 0 Å². The van der Waals surface area contributed by atoms with Crippen molar-refractivity contribution in [3.63, 3.8) is 0 Å². The normalized spacial score (nSPS) is 10.6. The summed E-state index contributed by atoms with van der Waals surface area (Å²) in [5, 5.41) is 3.26. The van der Waals surface area contributed by atoms with Crippen molar-refractivity contribution in [2.24, 2.45) is 0 Å². The maximum absolute atomic E-state index is 14.2. The van der Waals surface area contributed by atoms with Gasteiger partial charge in [0.1, 0.15) is 11.6 Å². The van der Waals surface area contributed by atoms with Crippen LogP contribution in [-0.2, 0) is 6.54 Å². The molecule has 0 aliphatic heterocycles. The fourth-order valence-corrected chi connectivity index (χ4v) is 2.19. The fraction of sp³-hybridized carbons (Fsp3) is 0.333. The number of ether oxygens (including phenoxy) is 1. The number of benzene rings is 2. The number of hydrogen-bond donors (Lipinski definition) is 1. The zero-order chi connectivity index (χ0) is 15.1. The van der Waals surface area contributed by atoms with E-state index >= 15 is 0 Å². The molecule has 0 amide bonds. The standard InChI is InChI=1S/C18H22FNO/c1-3-11-21-18-8-6-5-7-15(18)16-12-14(13-20-4-2)9-10-17(16)19/h5-10,12,20H,3-4,11,13H2,1-2H3. The number of para-hydroxylation sites is 1. The molecule has 0 atom stereocenters. The summed E-state index contributed by atoms with van der Waals surface area (Å²) in [4.78, 5) is 0. The Bertz CT molecular complexity index is 583. The molecule has 2 nitrogen and oxygen atoms in total. The molecule has 3 heteroatoms. The van der Waals surface area contributed by atoms with Crippen molar-refractivity contribution in [1.82, 2.24) is 5.32 Å². The van der Waals surface area contributed by atoms with Gasteiger partial charge in [-0.25, -0.2) is 4.39 Å². The Labute approximate surface area is 126 Å². The molecule has 2 aromatic rings. The second-order valence-electron chi connectivity index (χ2n) is 4.94. The Morgan fingerprint density at radius 2 is 1.86 bits per heavy atom. The third-order valence-corrected chi connectivity index (χ3v) is 3.25. The van der Waals surface area contributed by atoms with Crippen LogP contribution >= 0.6 is 0 Å². The van der Waals surface area contributed by atoms with E-state index in [9.17, 15) is 4.39 Å². The molecule has 0 spiro atoms. The minimum atomic E-state index is -0.220. The highest BCUT2D eigenvalue weighted by molar-refractivity contribution is 5.71. The predicted molar refractivity (Wildman–Crippen MR) is 85.0 cm³/mol. The van der Waals surface area contributed by atoms with Crippen LogP contribution < -0.4 is 10.1 Å². The third kappa shape index (κ3) is 4.05. The van der Waals surface area contributed by atoms with Crippen LogP contribution in [-0.4, -0.2) is 13.2 Å². The molecule has 0 radical (unpaired) electrons. The number of nitrogens with one attached hydrogen (secondary N) is 1. The van der Waals surface area contributed by atoms with Crippen molar-refractivity contribution >= 4 is 0 Å². The van der Waals surface area contributed by atoms with Gasteiger partial charge in [-0.15, -0.1) is 0 Å². The van der Waals surface area contributed by atoms with E-state index in [0.29, 0.717) is 12.2 Å². The first kappa shape index (κ1) is 15.5. The Kier molecular flexibility index (Phi) is 5.76. The fourth-order valence-electron chi connectivity index (χ4n) is 2.19. The molecule has 0 aliphatic rings. The van der Waals surface area contributed by atoms with E-state index in [4.69, 9.17) is 4.74 Å². The largest absolute Gasteiger partial charge is 0.493 e. The topological polar surface area (TPSA) is 21.3 Å². The maximum Gasteiger partial charge on any atom is 0.131 e. The zero-order valence-corrected chi connectivity index (χ0v) is 12.7. The summed E-state index contributed by atoms with van der Waals surface area (Å²) >= 11 is 0. The molecule has 112 valence electrons. The van der Waals surface area contributed by atoms with E-state index < -0.39 is 0 Å². The average Bonchev–Trinajstić information content (AvgIpc) is 2.52. The molecule has 0 fully saturated rings. The molecule has 2 aromatic carbocycles. The van der Waals surface area contributed by atoms with Gasteiger partial charge in [0, 0.05) is 17.7 Å². The first-order valence-corrected chi connectivity index (χ1v) is 7.47. The van der Waals surface area contributed by atoms with Crippen molar-refractivity contribution in [2.45, 2.75) is 26.8 Å². The lowest BCUT2D eigenvalue weighted by Gasteiger charge is -2.13. The lowest BCUT2D eigenvalue weighted by molar-refractivity contribution is 0.318. The summed E-state index contributed by atoms with van der Waals surface area (Å²) in [6.07, 6.45) is 0.928.